The van der Waals surface area contributed by atoms with Crippen LogP contribution in [0.2, 0.25) is 0 Å². The first kappa shape index (κ1) is 23.2. The molecule has 34 heavy (non-hydrogen) atoms. The first-order valence-corrected chi connectivity index (χ1v) is 12.9. The SMILES string of the molecule is CCOc1ccccc1N1CCN(CCN2CCC(Cc3c[nH]c4ccc(F)cc34)CC2)CC1. The highest BCUT2D eigenvalue weighted by Crippen LogP contribution is 2.29. The Morgan fingerprint density at radius 2 is 1.68 bits per heavy atom. The fraction of sp³-hybridized carbons (Fsp3) is 0.500. The maximum absolute atomic E-state index is 13.7. The van der Waals surface area contributed by atoms with Crippen LogP contribution in [0.5, 0.6) is 5.75 Å². The van der Waals surface area contributed by atoms with Crippen LogP contribution in [0.15, 0.2) is 48.7 Å². The molecule has 6 heteroatoms. The summed E-state index contributed by atoms with van der Waals surface area (Å²) in [6.07, 6.45) is 5.57. The number of halogens is 1. The second kappa shape index (κ2) is 10.8. The van der Waals surface area contributed by atoms with E-state index in [1.165, 1.54) is 43.2 Å². The second-order valence-electron chi connectivity index (χ2n) is 9.72. The van der Waals surface area contributed by atoms with Gasteiger partial charge in [-0.15, -0.1) is 0 Å². The number of hydrogen-bond acceptors (Lipinski definition) is 4. The number of piperidine rings is 1. The topological polar surface area (TPSA) is 34.7 Å². The highest BCUT2D eigenvalue weighted by molar-refractivity contribution is 5.83. The zero-order valence-corrected chi connectivity index (χ0v) is 20.3. The van der Waals surface area contributed by atoms with Crippen molar-refractivity contribution in [1.29, 1.82) is 0 Å². The first-order chi connectivity index (χ1) is 16.7. The minimum absolute atomic E-state index is 0.150. The molecule has 0 aliphatic carbocycles. The molecule has 0 bridgehead atoms. The van der Waals surface area contributed by atoms with E-state index in [1.807, 2.05) is 19.1 Å². The Labute approximate surface area is 202 Å². The van der Waals surface area contributed by atoms with Gasteiger partial charge in [0.25, 0.3) is 0 Å². The molecule has 2 saturated heterocycles. The summed E-state index contributed by atoms with van der Waals surface area (Å²) < 4.78 is 19.5. The molecular formula is C28H37FN4O. The minimum atomic E-state index is -0.150. The van der Waals surface area contributed by atoms with Gasteiger partial charge in [0.05, 0.1) is 12.3 Å². The molecule has 0 saturated carbocycles. The van der Waals surface area contributed by atoms with Gasteiger partial charge in [-0.3, -0.25) is 4.90 Å². The Bertz CT molecular complexity index is 1070. The number of piperazine rings is 1. The number of anilines is 1. The lowest BCUT2D eigenvalue weighted by Crippen LogP contribution is -2.49. The van der Waals surface area contributed by atoms with Crippen molar-refractivity contribution in [3.8, 4) is 5.75 Å². The third-order valence-electron chi connectivity index (χ3n) is 7.56. The zero-order chi connectivity index (χ0) is 23.3. The number of para-hydroxylation sites is 2. The fourth-order valence-corrected chi connectivity index (χ4v) is 5.54. The highest BCUT2D eigenvalue weighted by atomic mass is 19.1. The van der Waals surface area contributed by atoms with Gasteiger partial charge in [-0.05, 0) is 81.1 Å². The van der Waals surface area contributed by atoms with Crippen LogP contribution in [0, 0.1) is 11.7 Å². The molecule has 5 nitrogen and oxygen atoms in total. The summed E-state index contributed by atoms with van der Waals surface area (Å²) in [4.78, 5) is 11.0. The van der Waals surface area contributed by atoms with Crippen molar-refractivity contribution in [3.05, 3.63) is 60.0 Å². The number of nitrogens with zero attached hydrogens (tertiary/aromatic N) is 3. The first-order valence-electron chi connectivity index (χ1n) is 12.9. The summed E-state index contributed by atoms with van der Waals surface area (Å²) >= 11 is 0. The normalized spacial score (nSPS) is 18.6. The molecule has 0 atom stereocenters. The van der Waals surface area contributed by atoms with Gasteiger partial charge in [0.15, 0.2) is 0 Å². The molecule has 3 aromatic rings. The van der Waals surface area contributed by atoms with Crippen LogP contribution in [0.3, 0.4) is 0 Å². The smallest absolute Gasteiger partial charge is 0.142 e. The Hall–Kier alpha value is -2.57. The number of likely N-dealkylation sites (tertiary alicyclic amines) is 1. The van der Waals surface area contributed by atoms with Gasteiger partial charge in [0, 0.05) is 56.4 Å². The molecule has 0 amide bonds. The monoisotopic (exact) mass is 464 g/mol. The largest absolute Gasteiger partial charge is 0.492 e. The number of H-pyrrole nitrogens is 1. The molecule has 3 heterocycles. The number of hydrogen-bond donors (Lipinski definition) is 1. The van der Waals surface area contributed by atoms with Gasteiger partial charge < -0.3 is 19.5 Å². The molecule has 2 fully saturated rings. The van der Waals surface area contributed by atoms with Crippen LogP contribution >= 0.6 is 0 Å². The molecule has 0 spiro atoms. The number of fused-ring (bicyclic) bond motifs is 1. The molecular weight excluding hydrogens is 427 g/mol. The second-order valence-corrected chi connectivity index (χ2v) is 9.72. The lowest BCUT2D eigenvalue weighted by atomic mass is 9.90. The third-order valence-corrected chi connectivity index (χ3v) is 7.56. The molecule has 0 unspecified atom stereocenters. The van der Waals surface area contributed by atoms with Crippen LogP contribution in [-0.2, 0) is 6.42 Å². The Morgan fingerprint density at radius 1 is 0.941 bits per heavy atom. The fourth-order valence-electron chi connectivity index (χ4n) is 5.54. The van der Waals surface area contributed by atoms with Crippen molar-refractivity contribution in [2.75, 3.05) is 63.9 Å². The van der Waals surface area contributed by atoms with Gasteiger partial charge in [-0.25, -0.2) is 4.39 Å². The van der Waals surface area contributed by atoms with E-state index in [1.54, 1.807) is 6.07 Å². The Balaban J connectivity index is 1.05. The molecule has 1 N–H and O–H groups in total. The van der Waals surface area contributed by atoms with Crippen molar-refractivity contribution in [3.63, 3.8) is 0 Å². The van der Waals surface area contributed by atoms with Gasteiger partial charge >= 0.3 is 0 Å². The maximum Gasteiger partial charge on any atom is 0.142 e. The van der Waals surface area contributed by atoms with Crippen molar-refractivity contribution in [1.82, 2.24) is 14.8 Å². The molecule has 2 aliphatic heterocycles. The number of aromatic nitrogens is 1. The Morgan fingerprint density at radius 3 is 2.44 bits per heavy atom. The van der Waals surface area contributed by atoms with Gasteiger partial charge in [0.2, 0.25) is 0 Å². The summed E-state index contributed by atoms with van der Waals surface area (Å²) in [6.45, 7) is 11.7. The average molecular weight is 465 g/mol. The van der Waals surface area contributed by atoms with E-state index in [0.29, 0.717) is 12.5 Å². The Kier molecular flexibility index (Phi) is 7.36. The lowest BCUT2D eigenvalue weighted by molar-refractivity contribution is 0.152. The zero-order valence-electron chi connectivity index (χ0n) is 20.3. The number of aromatic amines is 1. The number of rotatable bonds is 8. The molecule has 0 radical (unpaired) electrons. The van der Waals surface area contributed by atoms with E-state index in [0.717, 1.165) is 62.3 Å². The summed E-state index contributed by atoms with van der Waals surface area (Å²) in [5, 5.41) is 1.05. The van der Waals surface area contributed by atoms with Crippen LogP contribution in [0.1, 0.15) is 25.3 Å². The van der Waals surface area contributed by atoms with E-state index < -0.39 is 0 Å². The maximum atomic E-state index is 13.7. The summed E-state index contributed by atoms with van der Waals surface area (Å²) in [6, 6.07) is 13.4. The van der Waals surface area contributed by atoms with Crippen molar-refractivity contribution in [2.45, 2.75) is 26.2 Å². The van der Waals surface area contributed by atoms with Crippen molar-refractivity contribution < 1.29 is 9.13 Å². The summed E-state index contributed by atoms with van der Waals surface area (Å²) in [5.41, 5.74) is 3.52. The van der Waals surface area contributed by atoms with Gasteiger partial charge in [0.1, 0.15) is 11.6 Å². The summed E-state index contributed by atoms with van der Waals surface area (Å²) in [7, 11) is 0. The van der Waals surface area contributed by atoms with E-state index in [-0.39, 0.29) is 5.82 Å². The molecule has 1 aromatic heterocycles. The van der Waals surface area contributed by atoms with Gasteiger partial charge in [-0.2, -0.15) is 0 Å². The number of nitrogens with one attached hydrogen (secondary N) is 1. The lowest BCUT2D eigenvalue weighted by Gasteiger charge is -2.38. The predicted octanol–water partition coefficient (Wildman–Crippen LogP) is 4.78. The third kappa shape index (κ3) is 5.39. The van der Waals surface area contributed by atoms with E-state index in [4.69, 9.17) is 4.74 Å². The average Bonchev–Trinajstić information content (AvgIpc) is 3.26. The van der Waals surface area contributed by atoms with Crippen LogP contribution in [0.25, 0.3) is 10.9 Å². The molecule has 2 aromatic carbocycles. The van der Waals surface area contributed by atoms with Crippen LogP contribution in [-0.4, -0.2) is 73.7 Å². The van der Waals surface area contributed by atoms with E-state index in [2.05, 4.69) is 44.1 Å². The standard InChI is InChI=1S/C28H37FN4O/c1-2-34-28-6-4-3-5-27(28)33-17-15-32(16-18-33)14-13-31-11-9-22(10-12-31)19-23-21-30-26-8-7-24(29)20-25(23)26/h3-8,20-22,30H,2,9-19H2,1H3. The van der Waals surface area contributed by atoms with Crippen LogP contribution in [0.4, 0.5) is 10.1 Å². The van der Waals surface area contributed by atoms with Crippen molar-refractivity contribution >= 4 is 16.6 Å². The highest BCUT2D eigenvalue weighted by Gasteiger charge is 2.23. The molecule has 2 aliphatic rings. The number of benzene rings is 2. The predicted molar refractivity (Wildman–Crippen MR) is 137 cm³/mol. The quantitative estimate of drug-likeness (QED) is 0.520. The van der Waals surface area contributed by atoms with Gasteiger partial charge in [-0.1, -0.05) is 12.1 Å². The van der Waals surface area contributed by atoms with Crippen LogP contribution < -0.4 is 9.64 Å². The van der Waals surface area contributed by atoms with E-state index >= 15 is 0 Å². The molecule has 5 rings (SSSR count). The number of ether oxygens (including phenoxy) is 1. The summed E-state index contributed by atoms with van der Waals surface area (Å²) in [5.74, 6) is 1.54. The van der Waals surface area contributed by atoms with Crippen molar-refractivity contribution in [2.24, 2.45) is 5.92 Å². The molecule has 182 valence electrons. The minimum Gasteiger partial charge on any atom is -0.492 e. The van der Waals surface area contributed by atoms with E-state index in [9.17, 15) is 4.39 Å².